The third-order valence-corrected chi connectivity index (χ3v) is 4.85. The van der Waals surface area contributed by atoms with Gasteiger partial charge >= 0.3 is 0 Å². The smallest absolute Gasteiger partial charge is 0.0329 e. The van der Waals surface area contributed by atoms with Crippen LogP contribution in [0.15, 0.2) is 0 Å². The predicted molar refractivity (Wildman–Crippen MR) is 74.4 cm³/mol. The standard InChI is InChI=1S/C13H28N2S/c1-10-6-5-7-11(8-10)12(15-14)9-16-13(2,3)4/h10-12,15H,5-9,14H2,1-4H3. The van der Waals surface area contributed by atoms with Crippen molar-refractivity contribution in [2.75, 3.05) is 5.75 Å². The number of nitrogens with two attached hydrogens (primary N) is 1. The molecule has 1 aliphatic rings. The van der Waals surface area contributed by atoms with Crippen LogP contribution in [0.3, 0.4) is 0 Å². The lowest BCUT2D eigenvalue weighted by molar-refractivity contribution is 0.235. The first-order valence-electron chi connectivity index (χ1n) is 6.52. The molecule has 3 N–H and O–H groups in total. The van der Waals surface area contributed by atoms with Crippen LogP contribution in [0.4, 0.5) is 0 Å². The Morgan fingerprint density at radius 3 is 2.56 bits per heavy atom. The molecule has 96 valence electrons. The molecule has 16 heavy (non-hydrogen) atoms. The molecule has 0 aliphatic heterocycles. The molecule has 2 nitrogen and oxygen atoms in total. The average molecular weight is 244 g/mol. The van der Waals surface area contributed by atoms with Crippen LogP contribution in [0.2, 0.25) is 0 Å². The fourth-order valence-corrected chi connectivity index (χ4v) is 3.55. The minimum absolute atomic E-state index is 0.343. The maximum absolute atomic E-state index is 5.72. The Balaban J connectivity index is 2.40. The Morgan fingerprint density at radius 2 is 2.06 bits per heavy atom. The van der Waals surface area contributed by atoms with Crippen molar-refractivity contribution in [1.29, 1.82) is 0 Å². The van der Waals surface area contributed by atoms with Crippen LogP contribution < -0.4 is 11.3 Å². The molecule has 1 aliphatic carbocycles. The van der Waals surface area contributed by atoms with Crippen molar-refractivity contribution in [1.82, 2.24) is 5.43 Å². The largest absolute Gasteiger partial charge is 0.271 e. The van der Waals surface area contributed by atoms with Gasteiger partial charge in [-0.25, -0.2) is 0 Å². The lowest BCUT2D eigenvalue weighted by Gasteiger charge is -2.34. The molecule has 0 spiro atoms. The monoisotopic (exact) mass is 244 g/mol. The lowest BCUT2D eigenvalue weighted by atomic mass is 9.79. The molecule has 0 saturated heterocycles. The first kappa shape index (κ1) is 14.3. The summed E-state index contributed by atoms with van der Waals surface area (Å²) in [5, 5.41) is 0. The maximum atomic E-state index is 5.72. The van der Waals surface area contributed by atoms with Crippen LogP contribution in [0.1, 0.15) is 53.4 Å². The first-order valence-corrected chi connectivity index (χ1v) is 7.51. The Bertz CT molecular complexity index is 201. The van der Waals surface area contributed by atoms with Crippen molar-refractivity contribution in [3.8, 4) is 0 Å². The lowest BCUT2D eigenvalue weighted by Crippen LogP contribution is -2.44. The normalized spacial score (nSPS) is 29.1. The third kappa shape index (κ3) is 5.07. The van der Waals surface area contributed by atoms with Gasteiger partial charge in [-0.15, -0.1) is 0 Å². The number of thioether (sulfide) groups is 1. The Hall–Kier alpha value is 0.270. The van der Waals surface area contributed by atoms with Gasteiger partial charge in [0.1, 0.15) is 0 Å². The van der Waals surface area contributed by atoms with E-state index < -0.39 is 0 Å². The second kappa shape index (κ2) is 6.27. The molecule has 0 aromatic rings. The number of hydrogen-bond acceptors (Lipinski definition) is 3. The molecule has 0 aromatic carbocycles. The molecule has 0 bridgehead atoms. The van der Waals surface area contributed by atoms with Gasteiger partial charge in [-0.1, -0.05) is 40.5 Å². The Kier molecular flexibility index (Phi) is 5.62. The SMILES string of the molecule is CC1CCCC(C(CSC(C)(C)C)NN)C1. The van der Waals surface area contributed by atoms with Crippen molar-refractivity contribution in [3.63, 3.8) is 0 Å². The summed E-state index contributed by atoms with van der Waals surface area (Å²) >= 11 is 2.02. The van der Waals surface area contributed by atoms with Crippen molar-refractivity contribution < 1.29 is 0 Å². The summed E-state index contributed by atoms with van der Waals surface area (Å²) in [7, 11) is 0. The fraction of sp³-hybridized carbons (Fsp3) is 1.00. The number of hydrazine groups is 1. The minimum atomic E-state index is 0.343. The quantitative estimate of drug-likeness (QED) is 0.589. The van der Waals surface area contributed by atoms with E-state index in [1.165, 1.54) is 25.7 Å². The summed E-state index contributed by atoms with van der Waals surface area (Å²) in [5.74, 6) is 8.52. The number of rotatable bonds is 4. The molecule has 0 heterocycles. The van der Waals surface area contributed by atoms with Crippen molar-refractivity contribution in [2.45, 2.75) is 64.2 Å². The Morgan fingerprint density at radius 1 is 1.38 bits per heavy atom. The van der Waals surface area contributed by atoms with E-state index in [1.807, 2.05) is 11.8 Å². The third-order valence-electron chi connectivity index (χ3n) is 3.46. The van der Waals surface area contributed by atoms with E-state index in [9.17, 15) is 0 Å². The van der Waals surface area contributed by atoms with E-state index in [0.29, 0.717) is 10.8 Å². The summed E-state index contributed by atoms with van der Waals surface area (Å²) in [4.78, 5) is 0. The minimum Gasteiger partial charge on any atom is -0.271 e. The highest BCUT2D eigenvalue weighted by atomic mass is 32.2. The van der Waals surface area contributed by atoms with Gasteiger partial charge in [0.2, 0.25) is 0 Å². The topological polar surface area (TPSA) is 38.0 Å². The van der Waals surface area contributed by atoms with Crippen LogP contribution in [0.5, 0.6) is 0 Å². The van der Waals surface area contributed by atoms with Gasteiger partial charge in [-0.3, -0.25) is 11.3 Å². The molecular weight excluding hydrogens is 216 g/mol. The van der Waals surface area contributed by atoms with Crippen LogP contribution >= 0.6 is 11.8 Å². The van der Waals surface area contributed by atoms with E-state index in [1.54, 1.807) is 0 Å². The first-order chi connectivity index (χ1) is 7.42. The van der Waals surface area contributed by atoms with Crippen LogP contribution in [0, 0.1) is 11.8 Å². The van der Waals surface area contributed by atoms with Gasteiger partial charge in [0.05, 0.1) is 0 Å². The van der Waals surface area contributed by atoms with Crippen molar-refractivity contribution in [2.24, 2.45) is 17.7 Å². The van der Waals surface area contributed by atoms with Gasteiger partial charge < -0.3 is 0 Å². The summed E-state index contributed by atoms with van der Waals surface area (Å²) in [6.45, 7) is 9.19. The van der Waals surface area contributed by atoms with E-state index in [-0.39, 0.29) is 0 Å². The molecule has 1 rings (SSSR count). The Labute approximate surface area is 105 Å². The second-order valence-electron chi connectivity index (χ2n) is 6.23. The van der Waals surface area contributed by atoms with E-state index >= 15 is 0 Å². The number of nitrogens with one attached hydrogen (secondary N) is 1. The van der Waals surface area contributed by atoms with Gasteiger partial charge in [0.15, 0.2) is 0 Å². The van der Waals surface area contributed by atoms with Gasteiger partial charge in [-0.2, -0.15) is 11.8 Å². The average Bonchev–Trinajstić information content (AvgIpc) is 2.17. The highest BCUT2D eigenvalue weighted by molar-refractivity contribution is 8.00. The molecule has 0 radical (unpaired) electrons. The number of hydrogen-bond donors (Lipinski definition) is 2. The van der Waals surface area contributed by atoms with Crippen LogP contribution in [-0.4, -0.2) is 16.5 Å². The molecule has 3 unspecified atom stereocenters. The van der Waals surface area contributed by atoms with Crippen molar-refractivity contribution >= 4 is 11.8 Å². The van der Waals surface area contributed by atoms with Crippen LogP contribution in [-0.2, 0) is 0 Å². The highest BCUT2D eigenvalue weighted by Gasteiger charge is 2.27. The van der Waals surface area contributed by atoms with Gasteiger partial charge in [0, 0.05) is 16.5 Å². The molecule has 3 heteroatoms. The van der Waals surface area contributed by atoms with Gasteiger partial charge in [-0.05, 0) is 24.7 Å². The summed E-state index contributed by atoms with van der Waals surface area (Å²) < 4.78 is 0.343. The predicted octanol–water partition coefficient (Wildman–Crippen LogP) is 3.18. The van der Waals surface area contributed by atoms with Crippen LogP contribution in [0.25, 0.3) is 0 Å². The summed E-state index contributed by atoms with van der Waals surface area (Å²) in [6.07, 6.45) is 5.48. The van der Waals surface area contributed by atoms with E-state index in [0.717, 1.165) is 17.6 Å². The zero-order valence-electron chi connectivity index (χ0n) is 11.3. The summed E-state index contributed by atoms with van der Waals surface area (Å²) in [6, 6.07) is 0.493. The molecule has 0 aromatic heterocycles. The molecule has 1 fully saturated rings. The molecular formula is C13H28N2S. The fourth-order valence-electron chi connectivity index (χ4n) is 2.51. The highest BCUT2D eigenvalue weighted by Crippen LogP contribution is 2.33. The second-order valence-corrected chi connectivity index (χ2v) is 8.08. The molecule has 0 amide bonds. The van der Waals surface area contributed by atoms with Crippen molar-refractivity contribution in [3.05, 3.63) is 0 Å². The maximum Gasteiger partial charge on any atom is 0.0329 e. The zero-order chi connectivity index (χ0) is 12.2. The molecule has 1 saturated carbocycles. The summed E-state index contributed by atoms with van der Waals surface area (Å²) in [5.41, 5.74) is 3.04. The molecule has 3 atom stereocenters. The van der Waals surface area contributed by atoms with E-state index in [4.69, 9.17) is 5.84 Å². The van der Waals surface area contributed by atoms with E-state index in [2.05, 4.69) is 33.1 Å². The van der Waals surface area contributed by atoms with Gasteiger partial charge in [0.25, 0.3) is 0 Å². The zero-order valence-corrected chi connectivity index (χ0v) is 12.1.